The molecule has 0 atom stereocenters. The van der Waals surface area contributed by atoms with Crippen molar-refractivity contribution in [3.05, 3.63) is 24.0 Å². The molecule has 0 aliphatic carbocycles. The number of carbonyl (C=O) groups is 1. The quantitative estimate of drug-likeness (QED) is 0.639. The molecule has 1 aromatic heterocycles. The standard InChI is InChI=1S/C13H23N3O2/c1-3-5-14-9-12-4-7-16(10-12)11-13(17)15-6-8-18-2/h4,7,10,14H,3,5-6,8-9,11H2,1-2H3,(H,15,17). The van der Waals surface area contributed by atoms with E-state index in [9.17, 15) is 4.79 Å². The summed E-state index contributed by atoms with van der Waals surface area (Å²) in [6.45, 7) is 5.47. The molecule has 1 amide bonds. The van der Waals surface area contributed by atoms with Gasteiger partial charge in [0, 0.05) is 32.6 Å². The average molecular weight is 253 g/mol. The van der Waals surface area contributed by atoms with Gasteiger partial charge in [-0.2, -0.15) is 0 Å². The molecule has 0 aromatic carbocycles. The molecule has 0 aliphatic rings. The van der Waals surface area contributed by atoms with Gasteiger partial charge in [-0.05, 0) is 24.6 Å². The summed E-state index contributed by atoms with van der Waals surface area (Å²) in [6.07, 6.45) is 5.06. The van der Waals surface area contributed by atoms with Crippen molar-refractivity contribution in [1.29, 1.82) is 0 Å². The summed E-state index contributed by atoms with van der Waals surface area (Å²) in [6, 6.07) is 2.03. The number of ether oxygens (including phenoxy) is 1. The molecule has 0 fully saturated rings. The first kappa shape index (κ1) is 14.7. The molecule has 0 aliphatic heterocycles. The Labute approximate surface area is 109 Å². The molecule has 0 saturated carbocycles. The smallest absolute Gasteiger partial charge is 0.239 e. The third-order valence-electron chi connectivity index (χ3n) is 2.52. The van der Waals surface area contributed by atoms with E-state index in [2.05, 4.69) is 17.6 Å². The normalized spacial score (nSPS) is 10.6. The first-order chi connectivity index (χ1) is 8.76. The first-order valence-electron chi connectivity index (χ1n) is 6.37. The highest BCUT2D eigenvalue weighted by atomic mass is 16.5. The first-order valence-corrected chi connectivity index (χ1v) is 6.37. The number of nitrogens with zero attached hydrogens (tertiary/aromatic N) is 1. The van der Waals surface area contributed by atoms with Gasteiger partial charge in [-0.25, -0.2) is 0 Å². The zero-order chi connectivity index (χ0) is 13.2. The lowest BCUT2D eigenvalue weighted by Crippen LogP contribution is -2.30. The molecule has 0 saturated heterocycles. The molecular formula is C13H23N3O2. The Bertz CT molecular complexity index is 350. The molecule has 18 heavy (non-hydrogen) atoms. The van der Waals surface area contributed by atoms with Crippen molar-refractivity contribution in [2.24, 2.45) is 0 Å². The fraction of sp³-hybridized carbons (Fsp3) is 0.615. The van der Waals surface area contributed by atoms with Crippen LogP contribution >= 0.6 is 0 Å². The maximum absolute atomic E-state index is 11.6. The molecule has 1 aromatic rings. The monoisotopic (exact) mass is 253 g/mol. The van der Waals surface area contributed by atoms with Gasteiger partial charge in [-0.3, -0.25) is 4.79 Å². The third kappa shape index (κ3) is 5.84. The van der Waals surface area contributed by atoms with Crippen molar-refractivity contribution in [1.82, 2.24) is 15.2 Å². The molecule has 0 spiro atoms. The van der Waals surface area contributed by atoms with Crippen LogP contribution in [0.5, 0.6) is 0 Å². The van der Waals surface area contributed by atoms with Crippen LogP contribution in [0.4, 0.5) is 0 Å². The van der Waals surface area contributed by atoms with E-state index in [0.29, 0.717) is 19.7 Å². The molecule has 1 heterocycles. The van der Waals surface area contributed by atoms with Crippen molar-refractivity contribution >= 4 is 5.91 Å². The van der Waals surface area contributed by atoms with Gasteiger partial charge in [0.2, 0.25) is 5.91 Å². The molecule has 0 radical (unpaired) electrons. The number of nitrogens with one attached hydrogen (secondary N) is 2. The van der Waals surface area contributed by atoms with Gasteiger partial charge in [-0.15, -0.1) is 0 Å². The van der Waals surface area contributed by atoms with E-state index in [4.69, 9.17) is 4.74 Å². The third-order valence-corrected chi connectivity index (χ3v) is 2.52. The lowest BCUT2D eigenvalue weighted by Gasteiger charge is -2.05. The fourth-order valence-corrected chi connectivity index (χ4v) is 1.62. The minimum Gasteiger partial charge on any atom is -0.383 e. The van der Waals surface area contributed by atoms with Gasteiger partial charge in [-0.1, -0.05) is 6.92 Å². The fourth-order valence-electron chi connectivity index (χ4n) is 1.62. The van der Waals surface area contributed by atoms with Gasteiger partial charge in [0.1, 0.15) is 6.54 Å². The van der Waals surface area contributed by atoms with E-state index >= 15 is 0 Å². The van der Waals surface area contributed by atoms with Gasteiger partial charge in [0.25, 0.3) is 0 Å². The molecule has 5 heteroatoms. The number of carbonyl (C=O) groups excluding carboxylic acids is 1. The number of hydrogen-bond acceptors (Lipinski definition) is 3. The Kier molecular flexibility index (Phi) is 7.13. The summed E-state index contributed by atoms with van der Waals surface area (Å²) in [5, 5.41) is 6.12. The second-order valence-corrected chi connectivity index (χ2v) is 4.21. The Hall–Kier alpha value is -1.33. The highest BCUT2D eigenvalue weighted by molar-refractivity contribution is 5.75. The molecule has 0 unspecified atom stereocenters. The van der Waals surface area contributed by atoms with E-state index in [-0.39, 0.29) is 5.91 Å². The van der Waals surface area contributed by atoms with E-state index < -0.39 is 0 Å². The highest BCUT2D eigenvalue weighted by Crippen LogP contribution is 2.00. The largest absolute Gasteiger partial charge is 0.383 e. The Morgan fingerprint density at radius 2 is 2.28 bits per heavy atom. The molecule has 0 bridgehead atoms. The zero-order valence-electron chi connectivity index (χ0n) is 11.2. The number of aromatic nitrogens is 1. The molecule has 2 N–H and O–H groups in total. The average Bonchev–Trinajstić information content (AvgIpc) is 2.77. The van der Waals surface area contributed by atoms with Crippen LogP contribution in [-0.2, 0) is 22.6 Å². The van der Waals surface area contributed by atoms with Gasteiger partial charge < -0.3 is 19.9 Å². The van der Waals surface area contributed by atoms with Crippen LogP contribution in [0.1, 0.15) is 18.9 Å². The lowest BCUT2D eigenvalue weighted by atomic mass is 10.3. The minimum absolute atomic E-state index is 0.00992. The Balaban J connectivity index is 2.27. The van der Waals surface area contributed by atoms with Crippen LogP contribution in [0.25, 0.3) is 0 Å². The number of methoxy groups -OCH3 is 1. The van der Waals surface area contributed by atoms with E-state index in [1.165, 1.54) is 5.56 Å². The second-order valence-electron chi connectivity index (χ2n) is 4.21. The zero-order valence-corrected chi connectivity index (χ0v) is 11.2. The summed E-state index contributed by atoms with van der Waals surface area (Å²) in [5.74, 6) is 0.00992. The van der Waals surface area contributed by atoms with Gasteiger partial charge >= 0.3 is 0 Å². The van der Waals surface area contributed by atoms with Crippen molar-refractivity contribution in [2.45, 2.75) is 26.4 Å². The Morgan fingerprint density at radius 1 is 1.44 bits per heavy atom. The Morgan fingerprint density at radius 3 is 3.00 bits per heavy atom. The SMILES string of the molecule is CCCNCc1ccn(CC(=O)NCCOC)c1. The minimum atomic E-state index is 0.00992. The summed E-state index contributed by atoms with van der Waals surface area (Å²) in [4.78, 5) is 11.6. The van der Waals surface area contributed by atoms with E-state index in [0.717, 1.165) is 19.5 Å². The highest BCUT2D eigenvalue weighted by Gasteiger charge is 2.02. The van der Waals surface area contributed by atoms with Crippen molar-refractivity contribution in [3.8, 4) is 0 Å². The maximum Gasteiger partial charge on any atom is 0.239 e. The van der Waals surface area contributed by atoms with Crippen molar-refractivity contribution in [2.75, 3.05) is 26.8 Å². The van der Waals surface area contributed by atoms with Crippen LogP contribution in [0.2, 0.25) is 0 Å². The molecule has 102 valence electrons. The van der Waals surface area contributed by atoms with E-state index in [1.807, 2.05) is 23.0 Å². The van der Waals surface area contributed by atoms with Crippen LogP contribution in [0.15, 0.2) is 18.5 Å². The van der Waals surface area contributed by atoms with Crippen LogP contribution in [-0.4, -0.2) is 37.3 Å². The second kappa shape index (κ2) is 8.72. The van der Waals surface area contributed by atoms with Crippen molar-refractivity contribution < 1.29 is 9.53 Å². The molecule has 1 rings (SSSR count). The summed E-state index contributed by atoms with van der Waals surface area (Å²) >= 11 is 0. The number of rotatable bonds is 9. The number of hydrogen-bond donors (Lipinski definition) is 2. The summed E-state index contributed by atoms with van der Waals surface area (Å²) in [5.41, 5.74) is 1.20. The van der Waals surface area contributed by atoms with Gasteiger partial charge in [0.15, 0.2) is 0 Å². The molecular weight excluding hydrogens is 230 g/mol. The van der Waals surface area contributed by atoms with Crippen molar-refractivity contribution in [3.63, 3.8) is 0 Å². The summed E-state index contributed by atoms with van der Waals surface area (Å²) in [7, 11) is 1.62. The topological polar surface area (TPSA) is 55.3 Å². The predicted octanol–water partition coefficient (Wildman–Crippen LogP) is 0.750. The van der Waals surface area contributed by atoms with Crippen LogP contribution in [0, 0.1) is 0 Å². The maximum atomic E-state index is 11.6. The number of amides is 1. The van der Waals surface area contributed by atoms with Crippen LogP contribution < -0.4 is 10.6 Å². The van der Waals surface area contributed by atoms with Crippen LogP contribution in [0.3, 0.4) is 0 Å². The summed E-state index contributed by atoms with van der Waals surface area (Å²) < 4.78 is 6.77. The predicted molar refractivity (Wildman–Crippen MR) is 71.3 cm³/mol. The molecule has 5 nitrogen and oxygen atoms in total. The lowest BCUT2D eigenvalue weighted by molar-refractivity contribution is -0.121. The van der Waals surface area contributed by atoms with Gasteiger partial charge in [0.05, 0.1) is 6.61 Å². The van der Waals surface area contributed by atoms with E-state index in [1.54, 1.807) is 7.11 Å².